The maximum Gasteiger partial charge on any atom is 0.279 e. The molecule has 0 aliphatic carbocycles. The summed E-state index contributed by atoms with van der Waals surface area (Å²) in [6.45, 7) is 1.51. The molecule has 7 heteroatoms. The van der Waals surface area contributed by atoms with Gasteiger partial charge in [-0.3, -0.25) is 20.4 Å². The van der Waals surface area contributed by atoms with Crippen LogP contribution in [-0.2, 0) is 4.79 Å². The zero-order valence-corrected chi connectivity index (χ0v) is 15.6. The van der Waals surface area contributed by atoms with E-state index in [0.717, 1.165) is 0 Å². The average Bonchev–Trinajstić information content (AvgIpc) is 2.74. The summed E-state index contributed by atoms with van der Waals surface area (Å²) < 4.78 is 24.1. The van der Waals surface area contributed by atoms with Crippen molar-refractivity contribution in [2.24, 2.45) is 0 Å². The van der Waals surface area contributed by atoms with Gasteiger partial charge in [-0.25, -0.2) is 4.39 Å². The van der Waals surface area contributed by atoms with E-state index in [1.165, 1.54) is 31.2 Å². The van der Waals surface area contributed by atoms with Gasteiger partial charge in [-0.05, 0) is 55.5 Å². The van der Waals surface area contributed by atoms with Crippen LogP contribution in [0.15, 0.2) is 78.9 Å². The fourth-order valence-electron chi connectivity index (χ4n) is 2.42. The number of para-hydroxylation sites is 2. The molecule has 0 heterocycles. The number of nitrogens with one attached hydrogen (secondary N) is 2. The van der Waals surface area contributed by atoms with Crippen molar-refractivity contribution >= 4 is 11.8 Å². The number of halogens is 1. The lowest BCUT2D eigenvalue weighted by Crippen LogP contribution is -2.47. The first-order chi connectivity index (χ1) is 14.0. The molecule has 0 bridgehead atoms. The molecule has 6 nitrogen and oxygen atoms in total. The van der Waals surface area contributed by atoms with Crippen LogP contribution in [0, 0.1) is 5.82 Å². The quantitative estimate of drug-likeness (QED) is 0.623. The molecule has 3 aromatic rings. The molecule has 29 heavy (non-hydrogen) atoms. The normalized spacial score (nSPS) is 11.2. The Hall–Kier alpha value is -3.87. The van der Waals surface area contributed by atoms with Crippen LogP contribution in [0.25, 0.3) is 0 Å². The lowest BCUT2D eigenvalue weighted by atomic mass is 10.2. The van der Waals surface area contributed by atoms with Gasteiger partial charge in [0.05, 0.1) is 5.56 Å². The number of carbonyl (C=O) groups excluding carboxylic acids is 2. The van der Waals surface area contributed by atoms with E-state index in [2.05, 4.69) is 10.9 Å². The molecule has 0 fully saturated rings. The molecule has 3 aromatic carbocycles. The minimum absolute atomic E-state index is 0.253. The van der Waals surface area contributed by atoms with Crippen molar-refractivity contribution in [2.75, 3.05) is 0 Å². The Morgan fingerprint density at radius 2 is 1.48 bits per heavy atom. The summed E-state index contributed by atoms with van der Waals surface area (Å²) >= 11 is 0. The number of hydrazine groups is 1. The third-order valence-electron chi connectivity index (χ3n) is 3.90. The first kappa shape index (κ1) is 19.9. The Bertz CT molecular complexity index is 978. The lowest BCUT2D eigenvalue weighted by molar-refractivity contribution is -0.128. The monoisotopic (exact) mass is 394 g/mol. The van der Waals surface area contributed by atoms with Crippen molar-refractivity contribution in [2.45, 2.75) is 13.0 Å². The van der Waals surface area contributed by atoms with E-state index >= 15 is 0 Å². The maximum absolute atomic E-state index is 12.9. The average molecular weight is 394 g/mol. The van der Waals surface area contributed by atoms with Gasteiger partial charge in [0.25, 0.3) is 11.8 Å². The van der Waals surface area contributed by atoms with Gasteiger partial charge in [-0.1, -0.05) is 30.3 Å². The van der Waals surface area contributed by atoms with Crippen molar-refractivity contribution in [3.63, 3.8) is 0 Å². The second-order valence-corrected chi connectivity index (χ2v) is 6.07. The Balaban J connectivity index is 1.59. The van der Waals surface area contributed by atoms with Crippen LogP contribution in [-0.4, -0.2) is 17.9 Å². The van der Waals surface area contributed by atoms with Gasteiger partial charge in [0, 0.05) is 0 Å². The molecule has 148 valence electrons. The Morgan fingerprint density at radius 3 is 2.21 bits per heavy atom. The summed E-state index contributed by atoms with van der Waals surface area (Å²) in [7, 11) is 0. The molecule has 0 aliphatic heterocycles. The Kier molecular flexibility index (Phi) is 6.42. The van der Waals surface area contributed by atoms with Crippen LogP contribution in [0.1, 0.15) is 17.3 Å². The minimum atomic E-state index is -0.906. The summed E-state index contributed by atoms with van der Waals surface area (Å²) in [4.78, 5) is 24.7. The highest BCUT2D eigenvalue weighted by molar-refractivity contribution is 5.98. The number of benzene rings is 3. The second-order valence-electron chi connectivity index (χ2n) is 6.07. The van der Waals surface area contributed by atoms with Gasteiger partial charge < -0.3 is 9.47 Å². The van der Waals surface area contributed by atoms with Crippen LogP contribution in [0.5, 0.6) is 17.2 Å². The molecule has 0 radical (unpaired) electrons. The smallest absolute Gasteiger partial charge is 0.279 e. The first-order valence-electron chi connectivity index (χ1n) is 8.87. The molecule has 2 amide bonds. The van der Waals surface area contributed by atoms with Crippen LogP contribution in [0.4, 0.5) is 4.39 Å². The Labute approximate surface area is 167 Å². The highest BCUT2D eigenvalue weighted by atomic mass is 19.1. The number of rotatable bonds is 6. The molecule has 0 unspecified atom stereocenters. The van der Waals surface area contributed by atoms with E-state index in [1.54, 1.807) is 36.4 Å². The SMILES string of the molecule is C[C@@H](Oc1ccc(F)cc1)C(=O)NNC(=O)c1ccccc1Oc1ccccc1. The summed E-state index contributed by atoms with van der Waals surface area (Å²) in [5.74, 6) is -0.248. The zero-order chi connectivity index (χ0) is 20.6. The largest absolute Gasteiger partial charge is 0.481 e. The number of ether oxygens (including phenoxy) is 2. The summed E-state index contributed by atoms with van der Waals surface area (Å²) in [6.07, 6.45) is -0.906. The molecule has 0 saturated carbocycles. The number of hydrogen-bond acceptors (Lipinski definition) is 4. The molecular formula is C22H19FN2O4. The van der Waals surface area contributed by atoms with Gasteiger partial charge in [0.15, 0.2) is 6.10 Å². The van der Waals surface area contributed by atoms with Crippen molar-refractivity contribution < 1.29 is 23.5 Å². The van der Waals surface area contributed by atoms with Gasteiger partial charge in [-0.2, -0.15) is 0 Å². The third kappa shape index (κ3) is 5.55. The first-order valence-corrected chi connectivity index (χ1v) is 8.87. The Morgan fingerprint density at radius 1 is 0.828 bits per heavy atom. The number of hydrogen-bond donors (Lipinski definition) is 2. The van der Waals surface area contributed by atoms with Crippen molar-refractivity contribution in [3.8, 4) is 17.2 Å². The van der Waals surface area contributed by atoms with Gasteiger partial charge >= 0.3 is 0 Å². The van der Waals surface area contributed by atoms with E-state index in [9.17, 15) is 14.0 Å². The van der Waals surface area contributed by atoms with E-state index < -0.39 is 23.7 Å². The van der Waals surface area contributed by atoms with Gasteiger partial charge in [0.1, 0.15) is 23.1 Å². The predicted octanol–water partition coefficient (Wildman–Crippen LogP) is 3.85. The molecule has 2 N–H and O–H groups in total. The van der Waals surface area contributed by atoms with Gasteiger partial charge in [-0.15, -0.1) is 0 Å². The van der Waals surface area contributed by atoms with E-state index in [1.807, 2.05) is 18.2 Å². The van der Waals surface area contributed by atoms with E-state index in [-0.39, 0.29) is 5.56 Å². The van der Waals surface area contributed by atoms with E-state index in [0.29, 0.717) is 17.2 Å². The molecule has 0 aromatic heterocycles. The number of amides is 2. The summed E-state index contributed by atoms with van der Waals surface area (Å²) in [6, 6.07) is 21.0. The summed E-state index contributed by atoms with van der Waals surface area (Å²) in [5, 5.41) is 0. The predicted molar refractivity (Wildman–Crippen MR) is 105 cm³/mol. The molecular weight excluding hydrogens is 375 g/mol. The fourth-order valence-corrected chi connectivity index (χ4v) is 2.42. The standard InChI is InChI=1S/C22H19FN2O4/c1-15(28-18-13-11-16(23)12-14-18)21(26)24-25-22(27)19-9-5-6-10-20(19)29-17-7-3-2-4-8-17/h2-15H,1H3,(H,24,26)(H,25,27)/t15-/m1/s1. The van der Waals surface area contributed by atoms with Crippen molar-refractivity contribution in [3.05, 3.63) is 90.2 Å². The molecule has 0 spiro atoms. The third-order valence-corrected chi connectivity index (χ3v) is 3.90. The van der Waals surface area contributed by atoms with Gasteiger partial charge in [0.2, 0.25) is 0 Å². The maximum atomic E-state index is 12.9. The number of carbonyl (C=O) groups is 2. The van der Waals surface area contributed by atoms with E-state index in [4.69, 9.17) is 9.47 Å². The van der Waals surface area contributed by atoms with Crippen LogP contribution in [0.3, 0.4) is 0 Å². The minimum Gasteiger partial charge on any atom is -0.481 e. The highest BCUT2D eigenvalue weighted by Crippen LogP contribution is 2.24. The van der Waals surface area contributed by atoms with Crippen molar-refractivity contribution in [1.29, 1.82) is 0 Å². The molecule has 3 rings (SSSR count). The molecule has 0 aliphatic rings. The second kappa shape index (κ2) is 9.36. The topological polar surface area (TPSA) is 76.7 Å². The highest BCUT2D eigenvalue weighted by Gasteiger charge is 2.18. The lowest BCUT2D eigenvalue weighted by Gasteiger charge is -2.16. The van der Waals surface area contributed by atoms with Crippen molar-refractivity contribution in [1.82, 2.24) is 10.9 Å². The molecule has 1 atom stereocenters. The summed E-state index contributed by atoms with van der Waals surface area (Å²) in [5.41, 5.74) is 4.91. The zero-order valence-electron chi connectivity index (χ0n) is 15.6. The van der Waals surface area contributed by atoms with Crippen LogP contribution >= 0.6 is 0 Å². The van der Waals surface area contributed by atoms with Crippen LogP contribution < -0.4 is 20.3 Å². The fraction of sp³-hybridized carbons (Fsp3) is 0.0909. The van der Waals surface area contributed by atoms with Crippen LogP contribution in [0.2, 0.25) is 0 Å². The molecule has 0 saturated heterocycles.